The van der Waals surface area contributed by atoms with E-state index in [0.29, 0.717) is 12.8 Å². The second kappa shape index (κ2) is 4.68. The molecule has 17 heavy (non-hydrogen) atoms. The van der Waals surface area contributed by atoms with Crippen LogP contribution in [0.5, 0.6) is 0 Å². The minimum Gasteiger partial charge on any atom is -0.360 e. The van der Waals surface area contributed by atoms with Crippen molar-refractivity contribution in [3.05, 3.63) is 0 Å². The first-order valence-corrected chi connectivity index (χ1v) is 6.77. The maximum atomic E-state index is 11.6. The molecule has 2 N–H and O–H groups in total. The zero-order valence-corrected chi connectivity index (χ0v) is 10.9. The molecule has 2 saturated heterocycles. The number of carbonyl (C=O) groups is 2. The Morgan fingerprint density at radius 1 is 1.41 bits per heavy atom. The molecule has 1 atom stereocenters. The van der Waals surface area contributed by atoms with E-state index in [1.54, 1.807) is 11.8 Å². The molecule has 2 fully saturated rings. The van der Waals surface area contributed by atoms with Crippen LogP contribution in [0.4, 0.5) is 0 Å². The lowest BCUT2D eigenvalue weighted by Gasteiger charge is -2.33. The summed E-state index contributed by atoms with van der Waals surface area (Å²) in [5, 5.41) is 6.45. The first-order valence-electron chi connectivity index (χ1n) is 5.79. The maximum absolute atomic E-state index is 11.6. The SMILES string of the molecule is CC1(C)CCSC(=NC2CCC(=O)NC2=O)N1. The molecule has 2 aliphatic rings. The summed E-state index contributed by atoms with van der Waals surface area (Å²) in [6.45, 7) is 4.24. The fourth-order valence-corrected chi connectivity index (χ4v) is 3.16. The minimum atomic E-state index is -0.420. The van der Waals surface area contributed by atoms with Crippen molar-refractivity contribution in [2.24, 2.45) is 4.99 Å². The van der Waals surface area contributed by atoms with Crippen LogP contribution in [-0.4, -0.2) is 34.3 Å². The highest BCUT2D eigenvalue weighted by Crippen LogP contribution is 2.22. The number of thioether (sulfide) groups is 1. The lowest BCUT2D eigenvalue weighted by molar-refractivity contribution is -0.133. The molecule has 0 aromatic carbocycles. The topological polar surface area (TPSA) is 70.6 Å². The van der Waals surface area contributed by atoms with Crippen molar-refractivity contribution >= 4 is 28.7 Å². The maximum Gasteiger partial charge on any atom is 0.251 e. The van der Waals surface area contributed by atoms with E-state index >= 15 is 0 Å². The largest absolute Gasteiger partial charge is 0.360 e. The zero-order valence-electron chi connectivity index (χ0n) is 10.1. The van der Waals surface area contributed by atoms with Gasteiger partial charge in [0.05, 0.1) is 0 Å². The van der Waals surface area contributed by atoms with E-state index in [2.05, 4.69) is 29.5 Å². The van der Waals surface area contributed by atoms with Crippen molar-refractivity contribution < 1.29 is 9.59 Å². The van der Waals surface area contributed by atoms with E-state index in [0.717, 1.165) is 17.3 Å². The monoisotopic (exact) mass is 255 g/mol. The Kier molecular flexibility index (Phi) is 3.42. The lowest BCUT2D eigenvalue weighted by atomic mass is 10.0. The lowest BCUT2D eigenvalue weighted by Crippen LogP contribution is -2.48. The molecular weight excluding hydrogens is 238 g/mol. The van der Waals surface area contributed by atoms with E-state index < -0.39 is 6.04 Å². The number of amidine groups is 1. The molecule has 2 heterocycles. The molecule has 2 rings (SSSR count). The smallest absolute Gasteiger partial charge is 0.251 e. The second-order valence-corrected chi connectivity index (χ2v) is 6.09. The average molecular weight is 255 g/mol. The third-order valence-corrected chi connectivity index (χ3v) is 3.78. The summed E-state index contributed by atoms with van der Waals surface area (Å²) in [5.41, 5.74) is 0.0328. The number of carbonyl (C=O) groups excluding carboxylic acids is 2. The van der Waals surface area contributed by atoms with Crippen LogP contribution >= 0.6 is 11.8 Å². The number of nitrogens with one attached hydrogen (secondary N) is 2. The molecule has 0 spiro atoms. The standard InChI is InChI=1S/C11H17N3O2S/c1-11(2)5-6-17-10(14-11)12-7-3-4-8(15)13-9(7)16/h7H,3-6H2,1-2H3,(H,12,14)(H,13,15,16). The summed E-state index contributed by atoms with van der Waals surface area (Å²) < 4.78 is 0. The van der Waals surface area contributed by atoms with Gasteiger partial charge < -0.3 is 5.32 Å². The Morgan fingerprint density at radius 3 is 2.82 bits per heavy atom. The fourth-order valence-electron chi connectivity index (χ4n) is 1.81. The van der Waals surface area contributed by atoms with Crippen LogP contribution in [0.3, 0.4) is 0 Å². The number of hydrogen-bond donors (Lipinski definition) is 2. The Bertz CT molecular complexity index is 379. The van der Waals surface area contributed by atoms with E-state index in [9.17, 15) is 9.59 Å². The Balaban J connectivity index is 2.03. The summed E-state index contributed by atoms with van der Waals surface area (Å²) in [7, 11) is 0. The zero-order chi connectivity index (χ0) is 12.5. The summed E-state index contributed by atoms with van der Waals surface area (Å²) in [4.78, 5) is 27.0. The van der Waals surface area contributed by atoms with E-state index in [1.807, 2.05) is 0 Å². The molecular formula is C11H17N3O2S. The number of nitrogens with zero attached hydrogens (tertiary/aromatic N) is 1. The normalized spacial score (nSPS) is 30.9. The van der Waals surface area contributed by atoms with Crippen LogP contribution < -0.4 is 10.6 Å². The van der Waals surface area contributed by atoms with E-state index in [4.69, 9.17) is 0 Å². The minimum absolute atomic E-state index is 0.0328. The Morgan fingerprint density at radius 2 is 2.18 bits per heavy atom. The van der Waals surface area contributed by atoms with Crippen molar-refractivity contribution in [3.63, 3.8) is 0 Å². The Labute approximate surface area is 105 Å². The molecule has 6 heteroatoms. The molecule has 2 amide bonds. The molecule has 0 aromatic rings. The van der Waals surface area contributed by atoms with Gasteiger partial charge in [0.25, 0.3) is 5.91 Å². The predicted octanol–water partition coefficient (Wildman–Crippen LogP) is 0.653. The van der Waals surface area contributed by atoms with Gasteiger partial charge in [-0.15, -0.1) is 0 Å². The van der Waals surface area contributed by atoms with Gasteiger partial charge in [0.15, 0.2) is 5.17 Å². The van der Waals surface area contributed by atoms with Gasteiger partial charge in [-0.2, -0.15) is 0 Å². The molecule has 0 aromatic heterocycles. The van der Waals surface area contributed by atoms with Crippen molar-refractivity contribution in [1.82, 2.24) is 10.6 Å². The molecule has 94 valence electrons. The summed E-state index contributed by atoms with van der Waals surface area (Å²) in [6, 6.07) is -0.420. The van der Waals surface area contributed by atoms with Gasteiger partial charge in [-0.05, 0) is 26.7 Å². The molecule has 0 bridgehead atoms. The quantitative estimate of drug-likeness (QED) is 0.675. The van der Waals surface area contributed by atoms with Crippen LogP contribution in [-0.2, 0) is 9.59 Å². The van der Waals surface area contributed by atoms with Crippen molar-refractivity contribution in [2.75, 3.05) is 5.75 Å². The number of rotatable bonds is 1. The number of amides is 2. The van der Waals surface area contributed by atoms with Gasteiger partial charge in [0.1, 0.15) is 6.04 Å². The molecule has 5 nitrogen and oxygen atoms in total. The molecule has 0 aliphatic carbocycles. The number of aliphatic imine (C=N–C) groups is 1. The van der Waals surface area contributed by atoms with E-state index in [1.165, 1.54) is 0 Å². The van der Waals surface area contributed by atoms with Gasteiger partial charge in [-0.3, -0.25) is 14.9 Å². The Hall–Kier alpha value is -1.04. The fraction of sp³-hybridized carbons (Fsp3) is 0.727. The van der Waals surface area contributed by atoms with Crippen molar-refractivity contribution in [1.29, 1.82) is 0 Å². The third-order valence-electron chi connectivity index (χ3n) is 2.89. The molecule has 0 radical (unpaired) electrons. The second-order valence-electron chi connectivity index (χ2n) is 5.01. The van der Waals surface area contributed by atoms with Gasteiger partial charge in [-0.25, -0.2) is 4.99 Å². The van der Waals surface area contributed by atoms with Crippen molar-refractivity contribution in [3.8, 4) is 0 Å². The number of imide groups is 1. The van der Waals surface area contributed by atoms with Crippen LogP contribution in [0, 0.1) is 0 Å². The summed E-state index contributed by atoms with van der Waals surface area (Å²) >= 11 is 1.64. The highest BCUT2D eigenvalue weighted by molar-refractivity contribution is 8.13. The van der Waals surface area contributed by atoms with Crippen LogP contribution in [0.15, 0.2) is 4.99 Å². The number of piperidine rings is 1. The van der Waals surface area contributed by atoms with Gasteiger partial charge in [-0.1, -0.05) is 11.8 Å². The third kappa shape index (κ3) is 3.21. The summed E-state index contributed by atoms with van der Waals surface area (Å²) in [6.07, 6.45) is 1.96. The summed E-state index contributed by atoms with van der Waals surface area (Å²) in [5.74, 6) is 0.530. The molecule has 2 aliphatic heterocycles. The van der Waals surface area contributed by atoms with Gasteiger partial charge in [0.2, 0.25) is 5.91 Å². The highest BCUT2D eigenvalue weighted by Gasteiger charge is 2.29. The van der Waals surface area contributed by atoms with Gasteiger partial charge in [0, 0.05) is 17.7 Å². The number of hydrogen-bond acceptors (Lipinski definition) is 4. The van der Waals surface area contributed by atoms with Crippen LogP contribution in [0.25, 0.3) is 0 Å². The van der Waals surface area contributed by atoms with Crippen LogP contribution in [0.2, 0.25) is 0 Å². The molecule has 0 saturated carbocycles. The van der Waals surface area contributed by atoms with Crippen molar-refractivity contribution in [2.45, 2.75) is 44.7 Å². The first-order chi connectivity index (χ1) is 7.96. The first kappa shape index (κ1) is 12.4. The average Bonchev–Trinajstić information content (AvgIpc) is 2.21. The van der Waals surface area contributed by atoms with Gasteiger partial charge >= 0.3 is 0 Å². The molecule has 1 unspecified atom stereocenters. The highest BCUT2D eigenvalue weighted by atomic mass is 32.2. The van der Waals surface area contributed by atoms with Crippen LogP contribution in [0.1, 0.15) is 33.1 Å². The van der Waals surface area contributed by atoms with E-state index in [-0.39, 0.29) is 17.4 Å². The predicted molar refractivity (Wildman–Crippen MR) is 67.9 cm³/mol.